The molecule has 1 saturated heterocycles. The van der Waals surface area contributed by atoms with Gasteiger partial charge in [0.2, 0.25) is 5.91 Å². The molecular weight excluding hydrogens is 420 g/mol. The Morgan fingerprint density at radius 3 is 2.61 bits per heavy atom. The molecule has 33 heavy (non-hydrogen) atoms. The first kappa shape index (κ1) is 25.2. The molecule has 2 N–H and O–H groups in total. The van der Waals surface area contributed by atoms with Gasteiger partial charge in [0.05, 0.1) is 0 Å². The minimum absolute atomic E-state index is 0.00145. The molecule has 1 aliphatic heterocycles. The number of rotatable bonds is 11. The largest absolute Gasteiger partial charge is 0.356 e. The molecule has 3 heterocycles. The summed E-state index contributed by atoms with van der Waals surface area (Å²) in [6.45, 7) is 14.5. The molecule has 184 valence electrons. The monoisotopic (exact) mass is 460 g/mol. The molecule has 0 radical (unpaired) electrons. The first-order chi connectivity index (χ1) is 15.7. The second-order valence-corrected chi connectivity index (χ2v) is 10.0. The first-order valence-corrected chi connectivity index (χ1v) is 12.4. The number of hydrogen-bond acceptors (Lipinski definition) is 5. The molecule has 1 unspecified atom stereocenters. The standard InChI is InChI=1S/C24H40N6O3/c1-6-7-11-29-22-21(23(32)27-24(29)33)30(14-16(2)3)19(26-22)8-9-20(31)25-13-18-10-12-28(15-18)17(4)5/h16-18H,6-15H2,1-5H3,(H,25,31)(H,27,32,33). The minimum Gasteiger partial charge on any atom is -0.356 e. The van der Waals surface area contributed by atoms with E-state index in [0.29, 0.717) is 61.4 Å². The third kappa shape index (κ3) is 6.13. The van der Waals surface area contributed by atoms with Crippen molar-refractivity contribution in [3.05, 3.63) is 26.7 Å². The number of imidazole rings is 1. The highest BCUT2D eigenvalue weighted by Gasteiger charge is 2.24. The van der Waals surface area contributed by atoms with Gasteiger partial charge in [-0.2, -0.15) is 0 Å². The molecule has 2 aromatic heterocycles. The second-order valence-electron chi connectivity index (χ2n) is 10.0. The van der Waals surface area contributed by atoms with Crippen LogP contribution >= 0.6 is 0 Å². The third-order valence-corrected chi connectivity index (χ3v) is 6.46. The van der Waals surface area contributed by atoms with Crippen LogP contribution in [0.25, 0.3) is 11.2 Å². The van der Waals surface area contributed by atoms with Crippen molar-refractivity contribution in [2.45, 2.75) is 85.9 Å². The number of carbonyl (C=O) groups excluding carboxylic acids is 1. The zero-order valence-corrected chi connectivity index (χ0v) is 20.8. The maximum atomic E-state index is 12.7. The fourth-order valence-electron chi connectivity index (χ4n) is 4.56. The zero-order chi connectivity index (χ0) is 24.1. The van der Waals surface area contributed by atoms with Gasteiger partial charge in [0, 0.05) is 45.1 Å². The fraction of sp³-hybridized carbons (Fsp3) is 0.750. The van der Waals surface area contributed by atoms with Crippen molar-refractivity contribution < 1.29 is 4.79 Å². The summed E-state index contributed by atoms with van der Waals surface area (Å²) < 4.78 is 3.45. The van der Waals surface area contributed by atoms with Gasteiger partial charge in [-0.15, -0.1) is 0 Å². The van der Waals surface area contributed by atoms with Gasteiger partial charge < -0.3 is 14.8 Å². The summed E-state index contributed by atoms with van der Waals surface area (Å²) in [6.07, 6.45) is 3.60. The van der Waals surface area contributed by atoms with E-state index in [1.54, 1.807) is 4.57 Å². The molecule has 3 rings (SSSR count). The van der Waals surface area contributed by atoms with Crippen molar-refractivity contribution in [1.29, 1.82) is 0 Å². The topological polar surface area (TPSA) is 105 Å². The number of H-pyrrole nitrogens is 1. The normalized spacial score (nSPS) is 17.0. The van der Waals surface area contributed by atoms with Crippen molar-refractivity contribution in [3.8, 4) is 0 Å². The summed E-state index contributed by atoms with van der Waals surface area (Å²) in [5.74, 6) is 1.46. The van der Waals surface area contributed by atoms with E-state index in [2.05, 4.69) is 49.8 Å². The van der Waals surface area contributed by atoms with E-state index in [4.69, 9.17) is 4.98 Å². The first-order valence-electron chi connectivity index (χ1n) is 12.4. The predicted molar refractivity (Wildman–Crippen MR) is 131 cm³/mol. The molecule has 1 atom stereocenters. The summed E-state index contributed by atoms with van der Waals surface area (Å²) in [5.41, 5.74) is 0.0107. The molecule has 0 bridgehead atoms. The number of aryl methyl sites for hydroxylation is 2. The summed E-state index contributed by atoms with van der Waals surface area (Å²) in [4.78, 5) is 47.3. The Balaban J connectivity index is 1.75. The van der Waals surface area contributed by atoms with Gasteiger partial charge >= 0.3 is 5.69 Å². The Kier molecular flexibility index (Phi) is 8.51. The van der Waals surface area contributed by atoms with E-state index < -0.39 is 11.2 Å². The SMILES string of the molecule is CCCCn1c(=O)[nH]c(=O)c2c1nc(CCC(=O)NCC1CCN(C(C)C)C1)n2CC(C)C. The molecule has 0 aromatic carbocycles. The number of aromatic amines is 1. The average Bonchev–Trinajstić information content (AvgIpc) is 3.36. The highest BCUT2D eigenvalue weighted by molar-refractivity contribution is 5.76. The third-order valence-electron chi connectivity index (χ3n) is 6.46. The van der Waals surface area contributed by atoms with Crippen LogP contribution in [0.15, 0.2) is 9.59 Å². The molecule has 0 saturated carbocycles. The smallest absolute Gasteiger partial charge is 0.330 e. The number of nitrogens with one attached hydrogen (secondary N) is 2. The Morgan fingerprint density at radius 2 is 1.97 bits per heavy atom. The predicted octanol–water partition coefficient (Wildman–Crippen LogP) is 2.12. The van der Waals surface area contributed by atoms with Crippen LogP contribution in [0.1, 0.15) is 66.1 Å². The molecule has 0 aliphatic carbocycles. The molecule has 2 aromatic rings. The number of likely N-dealkylation sites (tertiary alicyclic amines) is 1. The summed E-state index contributed by atoms with van der Waals surface area (Å²) in [7, 11) is 0. The molecule has 0 spiro atoms. The van der Waals surface area contributed by atoms with Crippen LogP contribution < -0.4 is 16.6 Å². The van der Waals surface area contributed by atoms with Gasteiger partial charge in [0.25, 0.3) is 5.56 Å². The lowest BCUT2D eigenvalue weighted by Crippen LogP contribution is -2.33. The molecule has 1 fully saturated rings. The Labute approximate surface area is 195 Å². The van der Waals surface area contributed by atoms with Gasteiger partial charge in [-0.1, -0.05) is 27.2 Å². The van der Waals surface area contributed by atoms with Crippen LogP contribution in [0.3, 0.4) is 0 Å². The molecule has 9 heteroatoms. The quantitative estimate of drug-likeness (QED) is 0.534. The lowest BCUT2D eigenvalue weighted by molar-refractivity contribution is -0.121. The molecular formula is C24H40N6O3. The van der Waals surface area contributed by atoms with Gasteiger partial charge in [0.15, 0.2) is 11.2 Å². The summed E-state index contributed by atoms with van der Waals surface area (Å²) in [6, 6.07) is 0.539. The number of unbranched alkanes of at least 4 members (excludes halogenated alkanes) is 1. The summed E-state index contributed by atoms with van der Waals surface area (Å²) >= 11 is 0. The van der Waals surface area contributed by atoms with Crippen molar-refractivity contribution >= 4 is 17.1 Å². The van der Waals surface area contributed by atoms with E-state index in [9.17, 15) is 14.4 Å². The molecule has 1 amide bonds. The number of carbonyl (C=O) groups is 1. The average molecular weight is 461 g/mol. The van der Waals surface area contributed by atoms with Crippen LogP contribution in [0, 0.1) is 11.8 Å². The van der Waals surface area contributed by atoms with Crippen molar-refractivity contribution in [1.82, 2.24) is 29.3 Å². The van der Waals surface area contributed by atoms with Crippen LogP contribution in [-0.2, 0) is 24.3 Å². The Morgan fingerprint density at radius 1 is 1.21 bits per heavy atom. The minimum atomic E-state index is -0.425. The Hall–Kier alpha value is -2.42. The van der Waals surface area contributed by atoms with Crippen LogP contribution in [0.2, 0.25) is 0 Å². The number of fused-ring (bicyclic) bond motifs is 1. The van der Waals surface area contributed by atoms with Crippen molar-refractivity contribution in [2.75, 3.05) is 19.6 Å². The van der Waals surface area contributed by atoms with Crippen LogP contribution in [0.4, 0.5) is 0 Å². The molecule has 9 nitrogen and oxygen atoms in total. The van der Waals surface area contributed by atoms with Gasteiger partial charge in [0.1, 0.15) is 5.82 Å². The van der Waals surface area contributed by atoms with Crippen molar-refractivity contribution in [3.63, 3.8) is 0 Å². The van der Waals surface area contributed by atoms with E-state index in [0.717, 1.165) is 32.4 Å². The van der Waals surface area contributed by atoms with Crippen molar-refractivity contribution in [2.24, 2.45) is 11.8 Å². The Bertz CT molecular complexity index is 1060. The number of amides is 1. The van der Waals surface area contributed by atoms with Gasteiger partial charge in [-0.3, -0.25) is 19.1 Å². The number of aromatic nitrogens is 4. The highest BCUT2D eigenvalue weighted by atomic mass is 16.2. The maximum absolute atomic E-state index is 12.7. The zero-order valence-electron chi connectivity index (χ0n) is 20.8. The lowest BCUT2D eigenvalue weighted by atomic mass is 10.1. The van der Waals surface area contributed by atoms with Crippen LogP contribution in [-0.4, -0.2) is 55.6 Å². The maximum Gasteiger partial charge on any atom is 0.330 e. The van der Waals surface area contributed by atoms with E-state index in [-0.39, 0.29) is 11.8 Å². The van der Waals surface area contributed by atoms with Gasteiger partial charge in [-0.25, -0.2) is 9.78 Å². The fourth-order valence-corrected chi connectivity index (χ4v) is 4.56. The molecule has 1 aliphatic rings. The number of nitrogens with zero attached hydrogens (tertiary/aromatic N) is 4. The number of hydrogen-bond donors (Lipinski definition) is 2. The highest BCUT2D eigenvalue weighted by Crippen LogP contribution is 2.18. The van der Waals surface area contributed by atoms with E-state index in [1.165, 1.54) is 0 Å². The van der Waals surface area contributed by atoms with Gasteiger partial charge in [-0.05, 0) is 45.1 Å². The lowest BCUT2D eigenvalue weighted by Gasteiger charge is -2.20. The van der Waals surface area contributed by atoms with E-state index in [1.807, 2.05) is 4.57 Å². The summed E-state index contributed by atoms with van der Waals surface area (Å²) in [5, 5.41) is 3.08. The van der Waals surface area contributed by atoms with Crippen LogP contribution in [0.5, 0.6) is 0 Å². The van der Waals surface area contributed by atoms with E-state index >= 15 is 0 Å². The second kappa shape index (κ2) is 11.1.